The van der Waals surface area contributed by atoms with E-state index in [1.54, 1.807) is 0 Å². The molecule has 1 N–H and O–H groups in total. The van der Waals surface area contributed by atoms with Gasteiger partial charge in [0.2, 0.25) is 5.89 Å². The van der Waals surface area contributed by atoms with Gasteiger partial charge in [-0.1, -0.05) is 19.0 Å². The first kappa shape index (κ1) is 16.9. The SMILES string of the molecule is Cc1c(C(=O)O)sc2ncnc(N3CCC[C@H]3c3nc(C(C)C)no3)c12. The first-order valence-electron chi connectivity index (χ1n) is 8.55. The molecule has 0 aromatic carbocycles. The van der Waals surface area contributed by atoms with Crippen molar-refractivity contribution in [3.63, 3.8) is 0 Å². The molecule has 0 amide bonds. The molecule has 26 heavy (non-hydrogen) atoms. The molecule has 0 aliphatic carbocycles. The molecule has 1 aliphatic rings. The average Bonchev–Trinajstić information content (AvgIpc) is 3.32. The molecule has 8 nitrogen and oxygen atoms in total. The second-order valence-electron chi connectivity index (χ2n) is 6.74. The van der Waals surface area contributed by atoms with Crippen LogP contribution in [0.2, 0.25) is 0 Å². The van der Waals surface area contributed by atoms with Gasteiger partial charge in [0.1, 0.15) is 27.9 Å². The summed E-state index contributed by atoms with van der Waals surface area (Å²) in [5, 5.41) is 14.3. The molecule has 0 spiro atoms. The highest BCUT2D eigenvalue weighted by atomic mass is 32.1. The molecular formula is C17H19N5O3S. The third-order valence-electron chi connectivity index (χ3n) is 4.68. The third kappa shape index (κ3) is 2.63. The van der Waals surface area contributed by atoms with Crippen LogP contribution in [0.1, 0.15) is 65.6 Å². The van der Waals surface area contributed by atoms with Crippen molar-refractivity contribution in [3.05, 3.63) is 28.5 Å². The quantitative estimate of drug-likeness (QED) is 0.740. The van der Waals surface area contributed by atoms with Crippen LogP contribution in [0.4, 0.5) is 5.82 Å². The lowest BCUT2D eigenvalue weighted by Gasteiger charge is -2.23. The van der Waals surface area contributed by atoms with Crippen molar-refractivity contribution >= 4 is 33.3 Å². The van der Waals surface area contributed by atoms with Crippen molar-refractivity contribution in [2.75, 3.05) is 11.4 Å². The maximum absolute atomic E-state index is 11.5. The molecule has 3 aromatic rings. The van der Waals surface area contributed by atoms with Gasteiger partial charge in [0.25, 0.3) is 0 Å². The highest BCUT2D eigenvalue weighted by molar-refractivity contribution is 7.20. The van der Waals surface area contributed by atoms with Crippen LogP contribution in [0.15, 0.2) is 10.9 Å². The summed E-state index contributed by atoms with van der Waals surface area (Å²) in [6.07, 6.45) is 3.35. The Bertz CT molecular complexity index is 980. The number of carboxylic acids is 1. The second-order valence-corrected chi connectivity index (χ2v) is 7.73. The zero-order valence-corrected chi connectivity index (χ0v) is 15.6. The number of aromatic nitrogens is 4. The van der Waals surface area contributed by atoms with Crippen LogP contribution in [0.3, 0.4) is 0 Å². The van der Waals surface area contributed by atoms with E-state index in [0.29, 0.717) is 27.0 Å². The molecule has 4 rings (SSSR count). The number of rotatable bonds is 4. The third-order valence-corrected chi connectivity index (χ3v) is 5.87. The molecule has 0 bridgehead atoms. The van der Waals surface area contributed by atoms with E-state index in [0.717, 1.165) is 30.6 Å². The van der Waals surface area contributed by atoms with Crippen LogP contribution in [-0.4, -0.2) is 37.7 Å². The summed E-state index contributed by atoms with van der Waals surface area (Å²) in [6.45, 7) is 6.66. The first-order valence-corrected chi connectivity index (χ1v) is 9.36. The Balaban J connectivity index is 1.79. The van der Waals surface area contributed by atoms with Crippen molar-refractivity contribution in [1.82, 2.24) is 20.1 Å². The fourth-order valence-electron chi connectivity index (χ4n) is 3.37. The van der Waals surface area contributed by atoms with E-state index in [1.165, 1.54) is 17.7 Å². The number of carboxylic acid groups (broad SMARTS) is 1. The lowest BCUT2D eigenvalue weighted by atomic mass is 10.1. The molecule has 1 atom stereocenters. The number of aryl methyl sites for hydroxylation is 1. The molecule has 0 unspecified atom stereocenters. The fourth-order valence-corrected chi connectivity index (χ4v) is 4.35. The van der Waals surface area contributed by atoms with Gasteiger partial charge in [0.15, 0.2) is 5.82 Å². The summed E-state index contributed by atoms with van der Waals surface area (Å²) in [6, 6.07) is -0.0549. The topological polar surface area (TPSA) is 105 Å². The van der Waals surface area contributed by atoms with E-state index in [-0.39, 0.29) is 12.0 Å². The Labute approximate surface area is 153 Å². The number of hydrogen-bond acceptors (Lipinski definition) is 8. The predicted octanol–water partition coefficient (Wildman–Crippen LogP) is 3.55. The maximum Gasteiger partial charge on any atom is 0.346 e. The summed E-state index contributed by atoms with van der Waals surface area (Å²) < 4.78 is 5.51. The van der Waals surface area contributed by atoms with Crippen LogP contribution >= 0.6 is 11.3 Å². The van der Waals surface area contributed by atoms with Gasteiger partial charge in [-0.3, -0.25) is 0 Å². The van der Waals surface area contributed by atoms with E-state index < -0.39 is 5.97 Å². The summed E-state index contributed by atoms with van der Waals surface area (Å²) in [5.41, 5.74) is 0.701. The van der Waals surface area contributed by atoms with Gasteiger partial charge in [0.05, 0.1) is 5.39 Å². The maximum atomic E-state index is 11.5. The van der Waals surface area contributed by atoms with Crippen LogP contribution in [0.5, 0.6) is 0 Å². The van der Waals surface area contributed by atoms with Gasteiger partial charge in [0, 0.05) is 12.5 Å². The van der Waals surface area contributed by atoms with Gasteiger partial charge in [-0.05, 0) is 25.3 Å². The van der Waals surface area contributed by atoms with Gasteiger partial charge in [-0.2, -0.15) is 4.98 Å². The van der Waals surface area contributed by atoms with Gasteiger partial charge < -0.3 is 14.5 Å². The van der Waals surface area contributed by atoms with E-state index in [9.17, 15) is 9.90 Å². The highest BCUT2D eigenvalue weighted by Gasteiger charge is 2.34. The minimum absolute atomic E-state index is 0.0549. The molecule has 4 heterocycles. The Hall–Kier alpha value is -2.55. The second kappa shape index (κ2) is 6.31. The van der Waals surface area contributed by atoms with Gasteiger partial charge in [-0.25, -0.2) is 14.8 Å². The minimum Gasteiger partial charge on any atom is -0.477 e. The van der Waals surface area contributed by atoms with E-state index >= 15 is 0 Å². The number of anilines is 1. The normalized spacial score (nSPS) is 17.5. The Kier molecular flexibility index (Phi) is 4.10. The molecule has 0 radical (unpaired) electrons. The summed E-state index contributed by atoms with van der Waals surface area (Å²) in [7, 11) is 0. The summed E-state index contributed by atoms with van der Waals surface area (Å²) in [5.74, 6) is 1.28. The zero-order valence-electron chi connectivity index (χ0n) is 14.8. The Morgan fingerprint density at radius 3 is 2.92 bits per heavy atom. The number of thiophene rings is 1. The molecular weight excluding hydrogens is 354 g/mol. The molecule has 9 heteroatoms. The molecule has 1 fully saturated rings. The molecule has 0 saturated carbocycles. The lowest BCUT2D eigenvalue weighted by molar-refractivity contribution is 0.0701. The molecule has 3 aromatic heterocycles. The summed E-state index contributed by atoms with van der Waals surface area (Å²) in [4.78, 5) is 27.9. The number of fused-ring (bicyclic) bond motifs is 1. The standard InChI is InChI=1S/C17H19N5O3S/c1-8(2)13-20-15(25-21-13)10-5-4-6-22(10)14-11-9(3)12(17(23)24)26-16(11)19-7-18-14/h7-8,10H,4-6H2,1-3H3,(H,23,24)/t10-/m0/s1. The number of carbonyl (C=O) groups is 1. The smallest absolute Gasteiger partial charge is 0.346 e. The van der Waals surface area contributed by atoms with Crippen molar-refractivity contribution in [2.24, 2.45) is 0 Å². The molecule has 1 aliphatic heterocycles. The largest absolute Gasteiger partial charge is 0.477 e. The lowest BCUT2D eigenvalue weighted by Crippen LogP contribution is -2.24. The van der Waals surface area contributed by atoms with Crippen LogP contribution in [-0.2, 0) is 0 Å². The van der Waals surface area contributed by atoms with Crippen molar-refractivity contribution in [2.45, 2.75) is 45.6 Å². The van der Waals surface area contributed by atoms with E-state index in [1.807, 2.05) is 20.8 Å². The monoisotopic (exact) mass is 373 g/mol. The van der Waals surface area contributed by atoms with E-state index in [4.69, 9.17) is 4.52 Å². The highest BCUT2D eigenvalue weighted by Crippen LogP contribution is 2.41. The minimum atomic E-state index is -0.937. The van der Waals surface area contributed by atoms with E-state index in [2.05, 4.69) is 25.0 Å². The summed E-state index contributed by atoms with van der Waals surface area (Å²) >= 11 is 1.18. The fraction of sp³-hybridized carbons (Fsp3) is 0.471. The van der Waals surface area contributed by atoms with Crippen molar-refractivity contribution < 1.29 is 14.4 Å². The number of nitrogens with zero attached hydrogens (tertiary/aromatic N) is 5. The van der Waals surface area contributed by atoms with Crippen molar-refractivity contribution in [3.8, 4) is 0 Å². The Morgan fingerprint density at radius 1 is 1.42 bits per heavy atom. The first-order chi connectivity index (χ1) is 12.5. The van der Waals surface area contributed by atoms with Crippen LogP contribution < -0.4 is 4.90 Å². The van der Waals surface area contributed by atoms with Crippen LogP contribution in [0, 0.1) is 6.92 Å². The number of hydrogen-bond donors (Lipinski definition) is 1. The van der Waals surface area contributed by atoms with Gasteiger partial charge in [-0.15, -0.1) is 11.3 Å². The molecule has 136 valence electrons. The Morgan fingerprint density at radius 2 is 2.23 bits per heavy atom. The van der Waals surface area contributed by atoms with Gasteiger partial charge >= 0.3 is 5.97 Å². The van der Waals surface area contributed by atoms with Crippen molar-refractivity contribution in [1.29, 1.82) is 0 Å². The molecule has 1 saturated heterocycles. The number of aromatic carboxylic acids is 1. The van der Waals surface area contributed by atoms with Crippen LogP contribution in [0.25, 0.3) is 10.2 Å². The zero-order chi connectivity index (χ0) is 18.4. The average molecular weight is 373 g/mol. The predicted molar refractivity (Wildman–Crippen MR) is 96.8 cm³/mol.